The van der Waals surface area contributed by atoms with Crippen LogP contribution in [0.4, 0.5) is 5.69 Å². The topological polar surface area (TPSA) is 71.3 Å². The van der Waals surface area contributed by atoms with Crippen molar-refractivity contribution in [3.05, 3.63) is 63.5 Å². The Kier molecular flexibility index (Phi) is 6.60. The highest BCUT2D eigenvalue weighted by molar-refractivity contribution is 6.36. The molecule has 1 saturated heterocycles. The van der Waals surface area contributed by atoms with Gasteiger partial charge in [-0.15, -0.1) is 0 Å². The molecule has 4 rings (SSSR count). The lowest BCUT2D eigenvalue weighted by Crippen LogP contribution is -2.38. The normalized spacial score (nSPS) is 15.2. The lowest BCUT2D eigenvalue weighted by atomic mass is 9.95. The summed E-state index contributed by atoms with van der Waals surface area (Å²) in [6.07, 6.45) is 1.58. The Hall–Kier alpha value is -2.41. The molecule has 0 saturated carbocycles. The Morgan fingerprint density at radius 3 is 2.55 bits per heavy atom. The van der Waals surface area contributed by atoms with Crippen LogP contribution in [-0.2, 0) is 11.3 Å². The molecule has 0 radical (unpaired) electrons. The largest absolute Gasteiger partial charge is 0.338 e. The first kappa shape index (κ1) is 21.8. The Bertz CT molecular complexity index is 1070. The van der Waals surface area contributed by atoms with Gasteiger partial charge in [-0.3, -0.25) is 9.69 Å². The van der Waals surface area contributed by atoms with Gasteiger partial charge in [0.1, 0.15) is 0 Å². The number of hydrogen-bond donors (Lipinski definition) is 1. The number of para-hydroxylation sites is 1. The number of carbonyl (C=O) groups excluding carboxylic acids is 1. The van der Waals surface area contributed by atoms with E-state index in [1.54, 1.807) is 18.2 Å². The average molecular weight is 459 g/mol. The summed E-state index contributed by atoms with van der Waals surface area (Å²) in [7, 11) is 0. The number of benzene rings is 2. The minimum atomic E-state index is 0.00127. The van der Waals surface area contributed by atoms with Gasteiger partial charge in [0, 0.05) is 22.2 Å². The number of aromatic nitrogens is 2. The maximum atomic E-state index is 12.8. The van der Waals surface area contributed by atoms with Crippen molar-refractivity contribution in [2.45, 2.75) is 33.2 Å². The number of carbonyl (C=O) groups is 1. The van der Waals surface area contributed by atoms with E-state index in [9.17, 15) is 4.79 Å². The first-order valence-corrected chi connectivity index (χ1v) is 11.0. The van der Waals surface area contributed by atoms with Crippen LogP contribution in [0.2, 0.25) is 10.0 Å². The van der Waals surface area contributed by atoms with Crippen molar-refractivity contribution in [1.82, 2.24) is 15.0 Å². The highest BCUT2D eigenvalue weighted by Crippen LogP contribution is 2.29. The van der Waals surface area contributed by atoms with E-state index < -0.39 is 0 Å². The molecule has 1 aliphatic heterocycles. The van der Waals surface area contributed by atoms with Crippen molar-refractivity contribution in [3.8, 4) is 11.4 Å². The molecule has 2 aromatic carbocycles. The lowest BCUT2D eigenvalue weighted by Gasteiger charge is -2.30. The second-order valence-electron chi connectivity index (χ2n) is 7.94. The minimum absolute atomic E-state index is 0.00127. The highest BCUT2D eigenvalue weighted by Gasteiger charge is 2.26. The van der Waals surface area contributed by atoms with Crippen molar-refractivity contribution in [3.63, 3.8) is 0 Å². The quantitative estimate of drug-likeness (QED) is 0.545. The van der Waals surface area contributed by atoms with Crippen LogP contribution < -0.4 is 5.32 Å². The van der Waals surface area contributed by atoms with E-state index in [0.29, 0.717) is 33.9 Å². The number of hydrogen-bond acceptors (Lipinski definition) is 5. The standard InChI is InChI=1S/C23H24Cl2N4O2/c1-14-4-3-5-15(2)21(14)27-23(30)16-8-10-29(11-9-16)13-20-26-22(28-31-20)18-7-6-17(24)12-19(18)25/h3-7,12,16H,8-11,13H2,1-2H3,(H,27,30). The zero-order valence-corrected chi connectivity index (χ0v) is 19.0. The van der Waals surface area contributed by atoms with E-state index >= 15 is 0 Å². The van der Waals surface area contributed by atoms with Gasteiger partial charge in [-0.1, -0.05) is 46.6 Å². The second kappa shape index (κ2) is 9.39. The molecule has 0 atom stereocenters. The molecule has 1 amide bonds. The van der Waals surface area contributed by atoms with Gasteiger partial charge in [0.15, 0.2) is 0 Å². The maximum Gasteiger partial charge on any atom is 0.241 e. The Morgan fingerprint density at radius 1 is 1.16 bits per heavy atom. The van der Waals surface area contributed by atoms with E-state index in [-0.39, 0.29) is 11.8 Å². The summed E-state index contributed by atoms with van der Waals surface area (Å²) in [5.41, 5.74) is 3.77. The second-order valence-corrected chi connectivity index (χ2v) is 8.79. The molecule has 1 aromatic heterocycles. The summed E-state index contributed by atoms with van der Waals surface area (Å²) >= 11 is 12.2. The Morgan fingerprint density at radius 2 is 1.87 bits per heavy atom. The number of likely N-dealkylation sites (tertiary alicyclic amines) is 1. The number of aryl methyl sites for hydroxylation is 2. The van der Waals surface area contributed by atoms with Gasteiger partial charge in [-0.2, -0.15) is 4.98 Å². The molecular weight excluding hydrogens is 435 g/mol. The van der Waals surface area contributed by atoms with E-state index in [1.165, 1.54) is 0 Å². The number of nitrogens with zero attached hydrogens (tertiary/aromatic N) is 3. The summed E-state index contributed by atoms with van der Waals surface area (Å²) in [6, 6.07) is 11.2. The molecule has 0 spiro atoms. The third kappa shape index (κ3) is 5.09. The number of nitrogens with one attached hydrogen (secondary N) is 1. The van der Waals surface area contributed by atoms with Crippen LogP contribution in [0.5, 0.6) is 0 Å². The zero-order valence-electron chi connectivity index (χ0n) is 17.5. The molecule has 1 fully saturated rings. The molecule has 0 unspecified atom stereocenters. The van der Waals surface area contributed by atoms with E-state index in [0.717, 1.165) is 42.7 Å². The van der Waals surface area contributed by atoms with Crippen molar-refractivity contribution >= 4 is 34.8 Å². The summed E-state index contributed by atoms with van der Waals surface area (Å²) in [4.78, 5) is 19.5. The van der Waals surface area contributed by atoms with Gasteiger partial charge in [0.05, 0.1) is 11.6 Å². The Labute approximate surface area is 191 Å². The van der Waals surface area contributed by atoms with Gasteiger partial charge >= 0.3 is 0 Å². The molecule has 8 heteroatoms. The number of anilines is 1. The maximum absolute atomic E-state index is 12.8. The van der Waals surface area contributed by atoms with Crippen LogP contribution in [0.25, 0.3) is 11.4 Å². The summed E-state index contributed by atoms with van der Waals surface area (Å²) in [5, 5.41) is 8.21. The van der Waals surface area contributed by atoms with Gasteiger partial charge in [0.25, 0.3) is 0 Å². The molecule has 31 heavy (non-hydrogen) atoms. The number of amides is 1. The van der Waals surface area contributed by atoms with Crippen molar-refractivity contribution < 1.29 is 9.32 Å². The summed E-state index contributed by atoms with van der Waals surface area (Å²) < 4.78 is 5.41. The Balaban J connectivity index is 1.32. The van der Waals surface area contributed by atoms with Gasteiger partial charge in [-0.25, -0.2) is 0 Å². The highest BCUT2D eigenvalue weighted by atomic mass is 35.5. The van der Waals surface area contributed by atoms with E-state index in [2.05, 4.69) is 20.4 Å². The first-order valence-electron chi connectivity index (χ1n) is 10.3. The van der Waals surface area contributed by atoms with Crippen LogP contribution in [0.1, 0.15) is 29.9 Å². The van der Waals surface area contributed by atoms with Gasteiger partial charge in [0.2, 0.25) is 17.6 Å². The molecule has 6 nitrogen and oxygen atoms in total. The molecule has 2 heterocycles. The monoisotopic (exact) mass is 458 g/mol. The van der Waals surface area contributed by atoms with Crippen LogP contribution in [-0.4, -0.2) is 34.0 Å². The van der Waals surface area contributed by atoms with Crippen molar-refractivity contribution in [2.24, 2.45) is 5.92 Å². The molecule has 1 N–H and O–H groups in total. The van der Waals surface area contributed by atoms with E-state index in [1.807, 2.05) is 32.0 Å². The number of halogens is 2. The van der Waals surface area contributed by atoms with Crippen LogP contribution in [0.3, 0.4) is 0 Å². The smallest absolute Gasteiger partial charge is 0.241 e. The molecule has 1 aliphatic rings. The summed E-state index contributed by atoms with van der Waals surface area (Å²) in [5.74, 6) is 1.06. The number of rotatable bonds is 5. The third-order valence-electron chi connectivity index (χ3n) is 5.69. The molecule has 162 valence electrons. The summed E-state index contributed by atoms with van der Waals surface area (Å²) in [6.45, 7) is 6.17. The fourth-order valence-electron chi connectivity index (χ4n) is 3.88. The third-order valence-corrected chi connectivity index (χ3v) is 6.23. The first-order chi connectivity index (χ1) is 14.9. The fraction of sp³-hybridized carbons (Fsp3) is 0.348. The van der Waals surface area contributed by atoms with E-state index in [4.69, 9.17) is 27.7 Å². The minimum Gasteiger partial charge on any atom is -0.338 e. The average Bonchev–Trinajstić information content (AvgIpc) is 3.19. The van der Waals surface area contributed by atoms with Gasteiger partial charge < -0.3 is 9.84 Å². The van der Waals surface area contributed by atoms with Crippen LogP contribution in [0, 0.1) is 19.8 Å². The van der Waals surface area contributed by atoms with Crippen LogP contribution in [0.15, 0.2) is 40.9 Å². The van der Waals surface area contributed by atoms with Gasteiger partial charge in [-0.05, 0) is 69.1 Å². The molecular formula is C23H24Cl2N4O2. The fourth-order valence-corrected chi connectivity index (χ4v) is 4.37. The van der Waals surface area contributed by atoms with Crippen molar-refractivity contribution in [2.75, 3.05) is 18.4 Å². The predicted molar refractivity (Wildman–Crippen MR) is 122 cm³/mol. The van der Waals surface area contributed by atoms with Crippen LogP contribution >= 0.6 is 23.2 Å². The molecule has 0 bridgehead atoms. The lowest BCUT2D eigenvalue weighted by molar-refractivity contribution is -0.121. The number of piperidine rings is 1. The molecule has 0 aliphatic carbocycles. The predicted octanol–water partition coefficient (Wildman–Crippen LogP) is 5.51. The zero-order chi connectivity index (χ0) is 22.0. The SMILES string of the molecule is Cc1cccc(C)c1NC(=O)C1CCN(Cc2nc(-c3ccc(Cl)cc3Cl)no2)CC1. The van der Waals surface area contributed by atoms with Crippen molar-refractivity contribution in [1.29, 1.82) is 0 Å². The molecule has 3 aromatic rings.